The van der Waals surface area contributed by atoms with Crippen molar-refractivity contribution in [3.63, 3.8) is 0 Å². The van der Waals surface area contributed by atoms with Crippen molar-refractivity contribution < 1.29 is 13.9 Å². The van der Waals surface area contributed by atoms with E-state index in [4.69, 9.17) is 9.15 Å². The number of hydrogen-bond donors (Lipinski definition) is 1. The van der Waals surface area contributed by atoms with Crippen molar-refractivity contribution in [1.82, 2.24) is 9.97 Å². The van der Waals surface area contributed by atoms with Gasteiger partial charge in [-0.3, -0.25) is 4.79 Å². The number of carbonyl (C=O) groups excluding carboxylic acids is 1. The minimum atomic E-state index is -0.125. The van der Waals surface area contributed by atoms with Crippen LogP contribution in [0.2, 0.25) is 0 Å². The van der Waals surface area contributed by atoms with Gasteiger partial charge in [-0.25, -0.2) is 9.97 Å². The molecule has 7 nitrogen and oxygen atoms in total. The van der Waals surface area contributed by atoms with Crippen molar-refractivity contribution in [3.8, 4) is 10.8 Å². The van der Waals surface area contributed by atoms with Crippen LogP contribution in [0.5, 0.6) is 0 Å². The number of nitrogens with one attached hydrogen (secondary N) is 1. The van der Waals surface area contributed by atoms with Crippen LogP contribution in [0.4, 0.5) is 11.5 Å². The second-order valence-corrected chi connectivity index (χ2v) is 7.77. The Kier molecular flexibility index (Phi) is 5.40. The third-order valence-electron chi connectivity index (χ3n) is 4.40. The summed E-state index contributed by atoms with van der Waals surface area (Å²) < 4.78 is 11.1. The zero-order valence-electron chi connectivity index (χ0n) is 15.8. The molecule has 1 aliphatic heterocycles. The van der Waals surface area contributed by atoms with Crippen LogP contribution in [0.15, 0.2) is 46.5 Å². The second kappa shape index (κ2) is 8.12. The number of nitrogens with zero attached hydrogens (tertiary/aromatic N) is 3. The summed E-state index contributed by atoms with van der Waals surface area (Å²) in [5.41, 5.74) is 1.39. The Balaban J connectivity index is 1.34. The standard InChI is InChI=1S/C20H22N4O3S/c1-13-10-24(11-14(2)27-13)18-6-5-15(9-21-18)22-19(25)8-16-12-28-20(23-16)17-4-3-7-26-17/h3-7,9,12-14H,8,10-11H2,1-2H3,(H,22,25). The Morgan fingerprint density at radius 2 is 2.11 bits per heavy atom. The summed E-state index contributed by atoms with van der Waals surface area (Å²) >= 11 is 1.46. The zero-order valence-corrected chi connectivity index (χ0v) is 16.6. The first-order chi connectivity index (χ1) is 13.6. The van der Waals surface area contributed by atoms with Crippen molar-refractivity contribution >= 4 is 28.7 Å². The lowest BCUT2D eigenvalue weighted by Gasteiger charge is -2.36. The third-order valence-corrected chi connectivity index (χ3v) is 5.31. The minimum Gasteiger partial charge on any atom is -0.462 e. The van der Waals surface area contributed by atoms with Crippen LogP contribution in [0, 0.1) is 0 Å². The quantitative estimate of drug-likeness (QED) is 0.707. The van der Waals surface area contributed by atoms with Gasteiger partial charge >= 0.3 is 0 Å². The van der Waals surface area contributed by atoms with E-state index in [1.54, 1.807) is 12.5 Å². The largest absolute Gasteiger partial charge is 0.462 e. The van der Waals surface area contributed by atoms with Crippen molar-refractivity contribution in [2.75, 3.05) is 23.3 Å². The Bertz CT molecular complexity index is 913. The van der Waals surface area contributed by atoms with Gasteiger partial charge in [0.25, 0.3) is 0 Å². The van der Waals surface area contributed by atoms with E-state index in [1.807, 2.05) is 29.6 Å². The molecule has 8 heteroatoms. The molecule has 2 unspecified atom stereocenters. The number of anilines is 2. The van der Waals surface area contributed by atoms with Gasteiger partial charge in [0.05, 0.1) is 42.5 Å². The number of carbonyl (C=O) groups is 1. The summed E-state index contributed by atoms with van der Waals surface area (Å²) in [7, 11) is 0. The second-order valence-electron chi connectivity index (χ2n) is 6.91. The molecular formula is C20H22N4O3S. The number of pyridine rings is 1. The van der Waals surface area contributed by atoms with Gasteiger partial charge in [-0.2, -0.15) is 0 Å². The highest BCUT2D eigenvalue weighted by Crippen LogP contribution is 2.24. The summed E-state index contributed by atoms with van der Waals surface area (Å²) in [6.07, 6.45) is 3.85. The summed E-state index contributed by atoms with van der Waals surface area (Å²) in [6.45, 7) is 5.75. The lowest BCUT2D eigenvalue weighted by molar-refractivity contribution is -0.115. The maximum absolute atomic E-state index is 12.3. The Labute approximate surface area is 167 Å². The zero-order chi connectivity index (χ0) is 19.5. The highest BCUT2D eigenvalue weighted by molar-refractivity contribution is 7.13. The van der Waals surface area contributed by atoms with Gasteiger partial charge in [0.1, 0.15) is 5.82 Å². The van der Waals surface area contributed by atoms with Gasteiger partial charge < -0.3 is 19.4 Å². The Morgan fingerprint density at radius 3 is 2.79 bits per heavy atom. The van der Waals surface area contributed by atoms with Crippen molar-refractivity contribution in [1.29, 1.82) is 0 Å². The maximum Gasteiger partial charge on any atom is 0.230 e. The van der Waals surface area contributed by atoms with E-state index in [2.05, 4.69) is 34.0 Å². The molecule has 1 aliphatic rings. The summed E-state index contributed by atoms with van der Waals surface area (Å²) in [5, 5.41) is 5.52. The lowest BCUT2D eigenvalue weighted by Crippen LogP contribution is -2.45. The van der Waals surface area contributed by atoms with E-state index in [0.717, 1.165) is 29.6 Å². The van der Waals surface area contributed by atoms with Gasteiger partial charge in [0.15, 0.2) is 10.8 Å². The monoisotopic (exact) mass is 398 g/mol. The number of morpholine rings is 1. The molecule has 0 bridgehead atoms. The van der Waals surface area contributed by atoms with Crippen LogP contribution in [0.25, 0.3) is 10.8 Å². The Hall–Kier alpha value is -2.71. The molecule has 0 aliphatic carbocycles. The highest BCUT2D eigenvalue weighted by Gasteiger charge is 2.23. The lowest BCUT2D eigenvalue weighted by atomic mass is 10.2. The van der Waals surface area contributed by atoms with Crippen molar-refractivity contribution in [2.24, 2.45) is 0 Å². The van der Waals surface area contributed by atoms with Crippen LogP contribution in [-0.4, -0.2) is 41.2 Å². The fourth-order valence-electron chi connectivity index (χ4n) is 3.28. The average molecular weight is 398 g/mol. The van der Waals surface area contributed by atoms with E-state index < -0.39 is 0 Å². The molecule has 28 heavy (non-hydrogen) atoms. The molecule has 3 aromatic rings. The van der Waals surface area contributed by atoms with E-state index in [-0.39, 0.29) is 24.5 Å². The van der Waals surface area contributed by atoms with Gasteiger partial charge in [-0.15, -0.1) is 11.3 Å². The fourth-order valence-corrected chi connectivity index (χ4v) is 4.07. The Morgan fingerprint density at radius 1 is 1.29 bits per heavy atom. The first kappa shape index (κ1) is 18.6. The first-order valence-electron chi connectivity index (χ1n) is 9.21. The highest BCUT2D eigenvalue weighted by atomic mass is 32.1. The van der Waals surface area contributed by atoms with E-state index in [1.165, 1.54) is 11.3 Å². The number of aromatic nitrogens is 2. The molecule has 1 saturated heterocycles. The summed E-state index contributed by atoms with van der Waals surface area (Å²) in [5.74, 6) is 1.48. The number of ether oxygens (including phenoxy) is 1. The molecule has 3 aromatic heterocycles. The molecule has 0 aromatic carbocycles. The van der Waals surface area contributed by atoms with E-state index in [0.29, 0.717) is 11.4 Å². The SMILES string of the molecule is CC1CN(c2ccc(NC(=O)Cc3csc(-c4ccco4)n3)cn2)CC(C)O1. The molecule has 0 radical (unpaired) electrons. The van der Waals surface area contributed by atoms with Crippen LogP contribution >= 0.6 is 11.3 Å². The fraction of sp³-hybridized carbons (Fsp3) is 0.350. The van der Waals surface area contributed by atoms with Crippen LogP contribution in [0.3, 0.4) is 0 Å². The average Bonchev–Trinajstić information content (AvgIpc) is 3.33. The molecule has 4 rings (SSSR count). The molecule has 0 spiro atoms. The van der Waals surface area contributed by atoms with Gasteiger partial charge in [-0.05, 0) is 38.1 Å². The third kappa shape index (κ3) is 4.40. The molecule has 2 atom stereocenters. The normalized spacial score (nSPS) is 19.6. The van der Waals surface area contributed by atoms with E-state index in [9.17, 15) is 4.79 Å². The van der Waals surface area contributed by atoms with Crippen LogP contribution in [0.1, 0.15) is 19.5 Å². The molecule has 4 heterocycles. The number of furan rings is 1. The first-order valence-corrected chi connectivity index (χ1v) is 10.1. The van der Waals surface area contributed by atoms with Gasteiger partial charge in [0, 0.05) is 18.5 Å². The van der Waals surface area contributed by atoms with Crippen molar-refractivity contribution in [2.45, 2.75) is 32.5 Å². The van der Waals surface area contributed by atoms with Gasteiger partial charge in [-0.1, -0.05) is 0 Å². The van der Waals surface area contributed by atoms with Crippen LogP contribution in [-0.2, 0) is 16.0 Å². The van der Waals surface area contributed by atoms with Crippen molar-refractivity contribution in [3.05, 3.63) is 47.8 Å². The molecular weight excluding hydrogens is 376 g/mol. The topological polar surface area (TPSA) is 80.5 Å². The van der Waals surface area contributed by atoms with Gasteiger partial charge in [0.2, 0.25) is 5.91 Å². The molecule has 1 N–H and O–H groups in total. The van der Waals surface area contributed by atoms with Crippen LogP contribution < -0.4 is 10.2 Å². The summed E-state index contributed by atoms with van der Waals surface area (Å²) in [4.78, 5) is 23.5. The number of hydrogen-bond acceptors (Lipinski definition) is 7. The molecule has 0 saturated carbocycles. The van der Waals surface area contributed by atoms with E-state index >= 15 is 0 Å². The molecule has 1 fully saturated rings. The molecule has 146 valence electrons. The smallest absolute Gasteiger partial charge is 0.230 e. The minimum absolute atomic E-state index is 0.125. The number of amides is 1. The predicted octanol–water partition coefficient (Wildman–Crippen LogP) is 3.59. The number of thiazole rings is 1. The molecule has 1 amide bonds. The maximum atomic E-state index is 12.3. The summed E-state index contributed by atoms with van der Waals surface area (Å²) in [6, 6.07) is 7.47. The predicted molar refractivity (Wildman–Crippen MR) is 109 cm³/mol. The number of rotatable bonds is 5.